The normalized spacial score (nSPS) is 11.7. The largest absolute Gasteiger partial charge is 0.481 e. The molecule has 0 aliphatic carbocycles. The van der Waals surface area contributed by atoms with Crippen LogP contribution in [0.4, 0.5) is 4.79 Å². The molecule has 0 saturated carbocycles. The average molecular weight is 329 g/mol. The van der Waals surface area contributed by atoms with Gasteiger partial charge in [-0.3, -0.25) is 4.79 Å². The molecule has 1 aromatic rings. The molecule has 1 rings (SSSR count). The van der Waals surface area contributed by atoms with E-state index in [0.717, 1.165) is 10.0 Å². The Morgan fingerprint density at radius 3 is 2.74 bits per heavy atom. The summed E-state index contributed by atoms with van der Waals surface area (Å²) in [7, 11) is 1.58. The lowest BCUT2D eigenvalue weighted by atomic mass is 10.2. The summed E-state index contributed by atoms with van der Waals surface area (Å²) in [5.41, 5.74) is 0.974. The first kappa shape index (κ1) is 15.5. The number of rotatable bonds is 5. The smallest absolute Gasteiger partial charge is 0.317 e. The van der Waals surface area contributed by atoms with Gasteiger partial charge in [0.1, 0.15) is 0 Å². The highest BCUT2D eigenvalue weighted by Crippen LogP contribution is 2.11. The van der Waals surface area contributed by atoms with Gasteiger partial charge in [0.15, 0.2) is 0 Å². The van der Waals surface area contributed by atoms with E-state index >= 15 is 0 Å². The van der Waals surface area contributed by atoms with E-state index in [1.54, 1.807) is 14.0 Å². The van der Waals surface area contributed by atoms with Crippen molar-refractivity contribution in [1.82, 2.24) is 10.2 Å². The molecule has 1 aromatic carbocycles. The zero-order valence-corrected chi connectivity index (χ0v) is 12.5. The van der Waals surface area contributed by atoms with E-state index in [0.29, 0.717) is 6.54 Å². The Bertz CT molecular complexity index is 465. The van der Waals surface area contributed by atoms with Crippen molar-refractivity contribution in [2.75, 3.05) is 13.6 Å². The Morgan fingerprint density at radius 2 is 2.16 bits per heavy atom. The Morgan fingerprint density at radius 1 is 1.47 bits per heavy atom. The third-order valence-corrected chi connectivity index (χ3v) is 3.14. The summed E-state index contributed by atoms with van der Waals surface area (Å²) in [5.74, 6) is -1.49. The molecule has 0 fully saturated rings. The minimum absolute atomic E-state index is 0.180. The Labute approximate surface area is 120 Å². The van der Waals surface area contributed by atoms with Crippen LogP contribution in [-0.2, 0) is 11.3 Å². The molecule has 2 N–H and O–H groups in total. The molecule has 0 spiro atoms. The summed E-state index contributed by atoms with van der Waals surface area (Å²) in [6.45, 7) is 2.16. The molecule has 6 heteroatoms. The lowest BCUT2D eigenvalue weighted by Gasteiger charge is -2.20. The van der Waals surface area contributed by atoms with Gasteiger partial charge in [0.25, 0.3) is 0 Å². The molecule has 1 atom stereocenters. The van der Waals surface area contributed by atoms with Gasteiger partial charge in [-0.05, 0) is 17.7 Å². The van der Waals surface area contributed by atoms with E-state index in [9.17, 15) is 9.59 Å². The SMILES string of the molecule is CC(CN(C)C(=O)NCc1cccc(Br)c1)C(=O)O. The topological polar surface area (TPSA) is 69.6 Å². The maximum Gasteiger partial charge on any atom is 0.317 e. The quantitative estimate of drug-likeness (QED) is 0.871. The summed E-state index contributed by atoms with van der Waals surface area (Å²) >= 11 is 3.36. The Hall–Kier alpha value is -1.56. The number of nitrogens with one attached hydrogen (secondary N) is 1. The van der Waals surface area contributed by atoms with Crippen molar-refractivity contribution in [2.24, 2.45) is 5.92 Å². The van der Waals surface area contributed by atoms with Gasteiger partial charge in [0.05, 0.1) is 5.92 Å². The maximum atomic E-state index is 11.8. The standard InChI is InChI=1S/C13H17BrN2O3/c1-9(12(17)18)8-16(2)13(19)15-7-10-4-3-5-11(14)6-10/h3-6,9H,7-8H2,1-2H3,(H,15,19)(H,17,18). The fourth-order valence-electron chi connectivity index (χ4n) is 1.53. The minimum Gasteiger partial charge on any atom is -0.481 e. The second kappa shape index (κ2) is 7.13. The van der Waals surface area contributed by atoms with Crippen molar-refractivity contribution < 1.29 is 14.7 Å². The number of carboxylic acids is 1. The van der Waals surface area contributed by atoms with Crippen LogP contribution in [0.5, 0.6) is 0 Å². The molecule has 1 unspecified atom stereocenters. The third kappa shape index (κ3) is 5.30. The zero-order valence-electron chi connectivity index (χ0n) is 10.9. The molecule has 0 radical (unpaired) electrons. The van der Waals surface area contributed by atoms with E-state index < -0.39 is 11.9 Å². The van der Waals surface area contributed by atoms with Crippen LogP contribution in [0.1, 0.15) is 12.5 Å². The number of carboxylic acid groups (broad SMARTS) is 1. The lowest BCUT2D eigenvalue weighted by molar-refractivity contribution is -0.141. The number of benzene rings is 1. The van der Waals surface area contributed by atoms with Gasteiger partial charge in [-0.1, -0.05) is 35.0 Å². The second-order valence-corrected chi connectivity index (χ2v) is 5.32. The van der Waals surface area contributed by atoms with Crippen molar-refractivity contribution in [3.63, 3.8) is 0 Å². The summed E-state index contributed by atoms with van der Waals surface area (Å²) in [6, 6.07) is 7.34. The maximum absolute atomic E-state index is 11.8. The molecule has 104 valence electrons. The van der Waals surface area contributed by atoms with Crippen molar-refractivity contribution >= 4 is 27.9 Å². The molecule has 0 heterocycles. The van der Waals surface area contributed by atoms with Gasteiger partial charge in [-0.25, -0.2) is 4.79 Å². The number of hydrogen-bond acceptors (Lipinski definition) is 2. The second-order valence-electron chi connectivity index (χ2n) is 4.41. The molecule has 2 amide bonds. The lowest BCUT2D eigenvalue weighted by Crippen LogP contribution is -2.40. The van der Waals surface area contributed by atoms with Crippen LogP contribution in [0.15, 0.2) is 28.7 Å². The zero-order chi connectivity index (χ0) is 14.4. The van der Waals surface area contributed by atoms with Gasteiger partial charge in [0.2, 0.25) is 0 Å². The van der Waals surface area contributed by atoms with Gasteiger partial charge >= 0.3 is 12.0 Å². The van der Waals surface area contributed by atoms with Crippen LogP contribution in [0.25, 0.3) is 0 Å². The number of halogens is 1. The van der Waals surface area contributed by atoms with E-state index in [1.807, 2.05) is 24.3 Å². The third-order valence-electron chi connectivity index (χ3n) is 2.65. The highest BCUT2D eigenvalue weighted by atomic mass is 79.9. The van der Waals surface area contributed by atoms with Crippen molar-refractivity contribution in [2.45, 2.75) is 13.5 Å². The van der Waals surface area contributed by atoms with Crippen molar-refractivity contribution in [3.05, 3.63) is 34.3 Å². The van der Waals surface area contributed by atoms with Crippen LogP contribution in [-0.4, -0.2) is 35.6 Å². The summed E-state index contributed by atoms with van der Waals surface area (Å²) in [6.07, 6.45) is 0. The molecule has 0 aromatic heterocycles. The average Bonchev–Trinajstić information content (AvgIpc) is 2.35. The monoisotopic (exact) mass is 328 g/mol. The van der Waals surface area contributed by atoms with E-state index in [-0.39, 0.29) is 12.6 Å². The first-order valence-electron chi connectivity index (χ1n) is 5.86. The minimum atomic E-state index is -0.911. The first-order chi connectivity index (χ1) is 8.90. The van der Waals surface area contributed by atoms with Gasteiger partial charge in [-0.15, -0.1) is 0 Å². The van der Waals surface area contributed by atoms with E-state index in [1.165, 1.54) is 4.90 Å². The number of aliphatic carboxylic acids is 1. The van der Waals surface area contributed by atoms with Crippen molar-refractivity contribution in [1.29, 1.82) is 0 Å². The summed E-state index contributed by atoms with van der Waals surface area (Å²) in [5, 5.41) is 11.5. The van der Waals surface area contributed by atoms with Crippen LogP contribution in [0.3, 0.4) is 0 Å². The molecular formula is C13H17BrN2O3. The fourth-order valence-corrected chi connectivity index (χ4v) is 1.98. The molecule has 0 saturated heterocycles. The number of carbonyl (C=O) groups is 2. The predicted molar refractivity (Wildman–Crippen MR) is 75.8 cm³/mol. The molecule has 19 heavy (non-hydrogen) atoms. The fraction of sp³-hybridized carbons (Fsp3) is 0.385. The van der Waals surface area contributed by atoms with Gasteiger partial charge in [0, 0.05) is 24.6 Å². The van der Waals surface area contributed by atoms with Crippen LogP contribution in [0.2, 0.25) is 0 Å². The number of urea groups is 1. The molecule has 5 nitrogen and oxygen atoms in total. The van der Waals surface area contributed by atoms with E-state index in [4.69, 9.17) is 5.11 Å². The number of amides is 2. The predicted octanol–water partition coefficient (Wildman–Crippen LogP) is 2.31. The highest BCUT2D eigenvalue weighted by molar-refractivity contribution is 9.10. The number of nitrogens with zero attached hydrogens (tertiary/aromatic N) is 1. The summed E-state index contributed by atoms with van der Waals surface area (Å²) in [4.78, 5) is 23.9. The first-order valence-corrected chi connectivity index (χ1v) is 6.65. The highest BCUT2D eigenvalue weighted by Gasteiger charge is 2.16. The Kier molecular flexibility index (Phi) is 5.82. The van der Waals surface area contributed by atoms with E-state index in [2.05, 4.69) is 21.2 Å². The van der Waals surface area contributed by atoms with Crippen molar-refractivity contribution in [3.8, 4) is 0 Å². The Balaban J connectivity index is 2.44. The van der Waals surface area contributed by atoms with Gasteiger partial charge < -0.3 is 15.3 Å². The van der Waals surface area contributed by atoms with Crippen LogP contribution >= 0.6 is 15.9 Å². The summed E-state index contributed by atoms with van der Waals surface area (Å²) < 4.78 is 0.951. The number of hydrogen-bond donors (Lipinski definition) is 2. The van der Waals surface area contributed by atoms with Gasteiger partial charge in [-0.2, -0.15) is 0 Å². The number of carbonyl (C=O) groups excluding carboxylic acids is 1. The van der Waals surface area contributed by atoms with Crippen LogP contribution < -0.4 is 5.32 Å². The molecule has 0 aliphatic rings. The van der Waals surface area contributed by atoms with Crippen LogP contribution in [0, 0.1) is 5.92 Å². The molecule has 0 bridgehead atoms. The molecule has 0 aliphatic heterocycles. The molecular weight excluding hydrogens is 312 g/mol.